The Morgan fingerprint density at radius 1 is 1.33 bits per heavy atom. The number of amides is 1. The summed E-state index contributed by atoms with van der Waals surface area (Å²) in [6.45, 7) is 7.69. The zero-order valence-corrected chi connectivity index (χ0v) is 14.1. The lowest BCUT2D eigenvalue weighted by Gasteiger charge is -2.37. The summed E-state index contributed by atoms with van der Waals surface area (Å²) in [6, 6.07) is 4.63. The first-order valence-corrected chi connectivity index (χ1v) is 9.08. The summed E-state index contributed by atoms with van der Waals surface area (Å²) < 4.78 is 0. The van der Waals surface area contributed by atoms with Gasteiger partial charge in [-0.3, -0.25) is 9.69 Å². The maximum absolute atomic E-state index is 12.0. The van der Waals surface area contributed by atoms with Gasteiger partial charge in [-0.1, -0.05) is 26.3 Å². The van der Waals surface area contributed by atoms with Crippen molar-refractivity contribution in [1.29, 1.82) is 0 Å². The van der Waals surface area contributed by atoms with Crippen LogP contribution < -0.4 is 5.32 Å². The van der Waals surface area contributed by atoms with E-state index >= 15 is 0 Å². The lowest BCUT2D eigenvalue weighted by atomic mass is 9.99. The maximum atomic E-state index is 12.0. The monoisotopic (exact) mass is 308 g/mol. The third-order valence-corrected chi connectivity index (χ3v) is 5.25. The Morgan fingerprint density at radius 3 is 2.71 bits per heavy atom. The molecule has 1 aliphatic heterocycles. The van der Waals surface area contributed by atoms with Crippen molar-refractivity contribution in [2.75, 3.05) is 19.6 Å². The van der Waals surface area contributed by atoms with Crippen LogP contribution in [0.25, 0.3) is 0 Å². The molecule has 0 spiro atoms. The Morgan fingerprint density at radius 2 is 2.10 bits per heavy atom. The third-order valence-electron chi connectivity index (χ3n) is 4.32. The molecular formula is C17H28N2OS. The Bertz CT molecular complexity index is 410. The van der Waals surface area contributed by atoms with E-state index in [-0.39, 0.29) is 5.91 Å². The van der Waals surface area contributed by atoms with Crippen LogP contribution in [0.1, 0.15) is 44.4 Å². The number of hydrogen-bond acceptors (Lipinski definition) is 3. The van der Waals surface area contributed by atoms with Gasteiger partial charge in [0, 0.05) is 23.9 Å². The summed E-state index contributed by atoms with van der Waals surface area (Å²) in [6.07, 6.45) is 5.42. The number of carbonyl (C=O) groups excluding carboxylic acids is 1. The molecule has 0 radical (unpaired) electrons. The normalized spacial score (nSPS) is 17.9. The van der Waals surface area contributed by atoms with Crippen molar-refractivity contribution >= 4 is 17.2 Å². The Balaban J connectivity index is 1.74. The molecule has 1 saturated heterocycles. The number of nitrogens with zero attached hydrogens (tertiary/aromatic N) is 1. The standard InChI is InChI=1S/C17H28N2OS/c1-14(2)16(19-10-4-3-5-11-19)13-18-17(20)9-8-15-7-6-12-21-15/h6-7,12,14,16H,3-5,8-11,13H2,1-2H3,(H,18,20). The number of thiophene rings is 1. The van der Waals surface area contributed by atoms with Gasteiger partial charge in [-0.2, -0.15) is 0 Å². The number of hydrogen-bond donors (Lipinski definition) is 1. The van der Waals surface area contributed by atoms with Gasteiger partial charge in [0.15, 0.2) is 0 Å². The zero-order valence-electron chi connectivity index (χ0n) is 13.3. The topological polar surface area (TPSA) is 32.3 Å². The van der Waals surface area contributed by atoms with Crippen LogP contribution in [0.5, 0.6) is 0 Å². The van der Waals surface area contributed by atoms with E-state index in [1.54, 1.807) is 11.3 Å². The van der Waals surface area contributed by atoms with Crippen molar-refractivity contribution in [3.05, 3.63) is 22.4 Å². The molecule has 4 heteroatoms. The van der Waals surface area contributed by atoms with Crippen molar-refractivity contribution in [3.8, 4) is 0 Å². The molecule has 118 valence electrons. The molecule has 1 fully saturated rings. The highest BCUT2D eigenvalue weighted by Crippen LogP contribution is 2.17. The molecular weight excluding hydrogens is 280 g/mol. The van der Waals surface area contributed by atoms with Crippen molar-refractivity contribution in [2.24, 2.45) is 5.92 Å². The molecule has 0 aromatic carbocycles. The van der Waals surface area contributed by atoms with Crippen molar-refractivity contribution in [1.82, 2.24) is 10.2 Å². The second-order valence-corrected chi connectivity index (χ2v) is 7.32. The number of aryl methyl sites for hydroxylation is 1. The highest BCUT2D eigenvalue weighted by atomic mass is 32.1. The van der Waals surface area contributed by atoms with Gasteiger partial charge >= 0.3 is 0 Å². The number of piperidine rings is 1. The van der Waals surface area contributed by atoms with Gasteiger partial charge in [-0.15, -0.1) is 11.3 Å². The minimum absolute atomic E-state index is 0.186. The third kappa shape index (κ3) is 5.44. The van der Waals surface area contributed by atoms with Crippen LogP contribution in [0.2, 0.25) is 0 Å². The van der Waals surface area contributed by atoms with Gasteiger partial charge in [0.05, 0.1) is 0 Å². The minimum atomic E-state index is 0.186. The Kier molecular flexibility index (Phi) is 6.71. The molecule has 3 nitrogen and oxygen atoms in total. The molecule has 1 amide bonds. The van der Waals surface area contributed by atoms with E-state index in [0.717, 1.165) is 13.0 Å². The zero-order chi connectivity index (χ0) is 15.1. The Hall–Kier alpha value is -0.870. The van der Waals surface area contributed by atoms with Crippen LogP contribution in [0.3, 0.4) is 0 Å². The quantitative estimate of drug-likeness (QED) is 0.838. The van der Waals surface area contributed by atoms with Crippen LogP contribution in [-0.4, -0.2) is 36.5 Å². The molecule has 1 N–H and O–H groups in total. The number of carbonyl (C=O) groups is 1. The van der Waals surface area contributed by atoms with Gasteiger partial charge in [-0.25, -0.2) is 0 Å². The van der Waals surface area contributed by atoms with Gasteiger partial charge in [0.2, 0.25) is 5.91 Å². The predicted molar refractivity (Wildman–Crippen MR) is 89.7 cm³/mol. The second kappa shape index (κ2) is 8.54. The van der Waals surface area contributed by atoms with E-state index in [1.807, 2.05) is 6.07 Å². The second-order valence-electron chi connectivity index (χ2n) is 6.29. The van der Waals surface area contributed by atoms with Crippen LogP contribution in [-0.2, 0) is 11.2 Å². The molecule has 1 atom stereocenters. The largest absolute Gasteiger partial charge is 0.355 e. The maximum Gasteiger partial charge on any atom is 0.220 e. The smallest absolute Gasteiger partial charge is 0.220 e. The summed E-state index contributed by atoms with van der Waals surface area (Å²) in [5, 5.41) is 5.22. The van der Waals surface area contributed by atoms with Gasteiger partial charge in [-0.05, 0) is 49.7 Å². The van der Waals surface area contributed by atoms with E-state index < -0.39 is 0 Å². The fourth-order valence-electron chi connectivity index (χ4n) is 3.03. The molecule has 1 aliphatic rings. The first-order chi connectivity index (χ1) is 10.2. The van der Waals surface area contributed by atoms with Gasteiger partial charge in [0.25, 0.3) is 0 Å². The number of nitrogens with one attached hydrogen (secondary N) is 1. The molecule has 21 heavy (non-hydrogen) atoms. The molecule has 1 aromatic heterocycles. The van der Waals surface area contributed by atoms with E-state index in [9.17, 15) is 4.79 Å². The fraction of sp³-hybridized carbons (Fsp3) is 0.706. The molecule has 1 aromatic rings. The highest BCUT2D eigenvalue weighted by Gasteiger charge is 2.23. The molecule has 0 aliphatic carbocycles. The van der Waals surface area contributed by atoms with Crippen LogP contribution in [0, 0.1) is 5.92 Å². The molecule has 0 bridgehead atoms. The molecule has 2 heterocycles. The average molecular weight is 308 g/mol. The van der Waals surface area contributed by atoms with Crippen molar-refractivity contribution in [3.63, 3.8) is 0 Å². The SMILES string of the molecule is CC(C)C(CNC(=O)CCc1cccs1)N1CCCCC1. The molecule has 2 rings (SSSR count). The summed E-state index contributed by atoms with van der Waals surface area (Å²) in [5.41, 5.74) is 0. The molecule has 0 saturated carbocycles. The summed E-state index contributed by atoms with van der Waals surface area (Å²) in [4.78, 5) is 15.9. The lowest BCUT2D eigenvalue weighted by Crippen LogP contribution is -2.48. The summed E-state index contributed by atoms with van der Waals surface area (Å²) in [5.74, 6) is 0.770. The minimum Gasteiger partial charge on any atom is -0.355 e. The van der Waals surface area contributed by atoms with Gasteiger partial charge in [0.1, 0.15) is 0 Å². The van der Waals surface area contributed by atoms with E-state index in [4.69, 9.17) is 0 Å². The van der Waals surface area contributed by atoms with E-state index in [0.29, 0.717) is 18.4 Å². The van der Waals surface area contributed by atoms with Gasteiger partial charge < -0.3 is 5.32 Å². The van der Waals surface area contributed by atoms with Crippen LogP contribution in [0.4, 0.5) is 0 Å². The Labute approximate surface area is 132 Å². The molecule has 1 unspecified atom stereocenters. The highest BCUT2D eigenvalue weighted by molar-refractivity contribution is 7.09. The summed E-state index contributed by atoms with van der Waals surface area (Å²) in [7, 11) is 0. The fourth-order valence-corrected chi connectivity index (χ4v) is 3.74. The van der Waals surface area contributed by atoms with Crippen LogP contribution in [0.15, 0.2) is 17.5 Å². The van der Waals surface area contributed by atoms with E-state index in [2.05, 4.69) is 35.5 Å². The van der Waals surface area contributed by atoms with E-state index in [1.165, 1.54) is 37.2 Å². The first kappa shape index (κ1) is 16.5. The first-order valence-electron chi connectivity index (χ1n) is 8.20. The van der Waals surface area contributed by atoms with Crippen molar-refractivity contribution < 1.29 is 4.79 Å². The predicted octanol–water partition coefficient (Wildman–Crippen LogP) is 3.31. The lowest BCUT2D eigenvalue weighted by molar-refractivity contribution is -0.121. The van der Waals surface area contributed by atoms with Crippen LogP contribution >= 0.6 is 11.3 Å². The summed E-state index contributed by atoms with van der Waals surface area (Å²) >= 11 is 1.73. The number of likely N-dealkylation sites (tertiary alicyclic amines) is 1. The van der Waals surface area contributed by atoms with Crippen molar-refractivity contribution in [2.45, 2.75) is 52.0 Å². The number of rotatable bonds is 7. The average Bonchev–Trinajstić information content (AvgIpc) is 2.99.